The van der Waals surface area contributed by atoms with E-state index < -0.39 is 0 Å². The molecular weight excluding hydrogens is 681 g/mol. The molecule has 0 amide bonds. The molecule has 11 aromatic rings. The number of nitrogens with zero attached hydrogens (tertiary/aromatic N) is 4. The summed E-state index contributed by atoms with van der Waals surface area (Å²) in [5.74, 6) is 0.706. The van der Waals surface area contributed by atoms with E-state index in [9.17, 15) is 0 Å². The molecule has 4 heteroatoms. The van der Waals surface area contributed by atoms with Gasteiger partial charge in [-0.2, -0.15) is 0 Å². The molecule has 0 aliphatic rings. The quantitative estimate of drug-likeness (QED) is 0.172. The first kappa shape index (κ1) is 31.9. The van der Waals surface area contributed by atoms with Crippen molar-refractivity contribution in [2.45, 2.75) is 0 Å². The topological polar surface area (TPSA) is 35.6 Å². The number of hydrogen-bond donors (Lipinski definition) is 0. The lowest BCUT2D eigenvalue weighted by Gasteiger charge is -2.13. The Bertz CT molecular complexity index is 3170. The molecule has 11 rings (SSSR count). The summed E-state index contributed by atoms with van der Waals surface area (Å²) < 4.78 is 4.79. The van der Waals surface area contributed by atoms with Gasteiger partial charge in [0.1, 0.15) is 0 Å². The van der Waals surface area contributed by atoms with Crippen LogP contribution in [-0.2, 0) is 0 Å². The summed E-state index contributed by atoms with van der Waals surface area (Å²) in [6, 6.07) is 73.2. The number of hydrogen-bond acceptors (Lipinski definition) is 2. The number of para-hydroxylation sites is 3. The molecule has 0 N–H and O–H groups in total. The molecule has 4 nitrogen and oxygen atoms in total. The Morgan fingerprint density at radius 3 is 1.61 bits per heavy atom. The van der Waals surface area contributed by atoms with E-state index >= 15 is 0 Å². The van der Waals surface area contributed by atoms with Crippen molar-refractivity contribution in [1.82, 2.24) is 19.1 Å². The van der Waals surface area contributed by atoms with Gasteiger partial charge in [-0.25, -0.2) is 9.97 Å². The molecule has 0 fully saturated rings. The Morgan fingerprint density at radius 2 is 0.839 bits per heavy atom. The highest BCUT2D eigenvalue weighted by atomic mass is 15.0. The van der Waals surface area contributed by atoms with Gasteiger partial charge in [-0.15, -0.1) is 0 Å². The molecular formula is C52H34N4. The van der Waals surface area contributed by atoms with Crippen molar-refractivity contribution in [3.05, 3.63) is 206 Å². The van der Waals surface area contributed by atoms with Gasteiger partial charge < -0.3 is 9.13 Å². The number of rotatable bonds is 6. The first-order chi connectivity index (χ1) is 27.8. The number of benzene rings is 8. The maximum Gasteiger partial charge on any atom is 0.160 e. The molecule has 0 aliphatic heterocycles. The lowest BCUT2D eigenvalue weighted by molar-refractivity contribution is 1.16. The molecule has 0 unspecified atom stereocenters. The molecule has 8 aromatic carbocycles. The highest BCUT2D eigenvalue weighted by molar-refractivity contribution is 6.17. The van der Waals surface area contributed by atoms with Crippen LogP contribution >= 0.6 is 0 Å². The van der Waals surface area contributed by atoms with Crippen LogP contribution in [0.25, 0.3) is 100 Å². The minimum absolute atomic E-state index is 0.706. The van der Waals surface area contributed by atoms with E-state index in [-0.39, 0.29) is 0 Å². The summed E-state index contributed by atoms with van der Waals surface area (Å²) in [4.78, 5) is 10.2. The monoisotopic (exact) mass is 714 g/mol. The zero-order chi connectivity index (χ0) is 37.0. The zero-order valence-corrected chi connectivity index (χ0v) is 30.4. The van der Waals surface area contributed by atoms with E-state index in [1.165, 1.54) is 43.7 Å². The molecule has 0 saturated heterocycles. The predicted molar refractivity (Wildman–Crippen MR) is 232 cm³/mol. The smallest absolute Gasteiger partial charge is 0.160 e. The van der Waals surface area contributed by atoms with Gasteiger partial charge in [-0.3, -0.25) is 0 Å². The van der Waals surface area contributed by atoms with Crippen LogP contribution in [0.2, 0.25) is 0 Å². The Hall–Kier alpha value is -7.56. The van der Waals surface area contributed by atoms with Crippen LogP contribution in [0.4, 0.5) is 0 Å². The summed E-state index contributed by atoms with van der Waals surface area (Å²) in [5, 5.41) is 4.94. The average molecular weight is 715 g/mol. The summed E-state index contributed by atoms with van der Waals surface area (Å²) in [6.07, 6.45) is 0. The lowest BCUT2D eigenvalue weighted by atomic mass is 9.98. The molecule has 3 aromatic heterocycles. The van der Waals surface area contributed by atoms with E-state index in [0.717, 1.165) is 50.5 Å². The SMILES string of the molecule is c1ccc(-c2cc(-c3cccc(-n4c5ccccc5c5c(-c6ccc7c8ccccc8n(-c8ccccc8)c7c6)cccc54)c3)nc(-c3ccccc3)n2)cc1. The highest BCUT2D eigenvalue weighted by Crippen LogP contribution is 2.41. The summed E-state index contributed by atoms with van der Waals surface area (Å²) >= 11 is 0. The van der Waals surface area contributed by atoms with Crippen LogP contribution in [0.1, 0.15) is 0 Å². The second-order valence-corrected chi connectivity index (χ2v) is 14.2. The van der Waals surface area contributed by atoms with Crippen LogP contribution in [0.5, 0.6) is 0 Å². The van der Waals surface area contributed by atoms with Gasteiger partial charge in [0.2, 0.25) is 0 Å². The van der Waals surface area contributed by atoms with Gasteiger partial charge in [0, 0.05) is 49.6 Å². The number of fused-ring (bicyclic) bond motifs is 6. The molecule has 0 spiro atoms. The second-order valence-electron chi connectivity index (χ2n) is 14.2. The van der Waals surface area contributed by atoms with Crippen LogP contribution < -0.4 is 0 Å². The first-order valence-electron chi connectivity index (χ1n) is 19.0. The molecule has 262 valence electrons. The van der Waals surface area contributed by atoms with Crippen LogP contribution in [0, 0.1) is 0 Å². The first-order valence-corrected chi connectivity index (χ1v) is 19.0. The van der Waals surface area contributed by atoms with Crippen LogP contribution in [0.3, 0.4) is 0 Å². The molecule has 0 radical (unpaired) electrons. The molecule has 0 atom stereocenters. The van der Waals surface area contributed by atoms with Crippen molar-refractivity contribution < 1.29 is 0 Å². The maximum atomic E-state index is 5.15. The predicted octanol–water partition coefficient (Wildman–Crippen LogP) is 13.3. The van der Waals surface area contributed by atoms with E-state index in [2.05, 4.69) is 191 Å². The zero-order valence-electron chi connectivity index (χ0n) is 30.4. The minimum atomic E-state index is 0.706. The van der Waals surface area contributed by atoms with Gasteiger partial charge in [0.15, 0.2) is 5.82 Å². The Labute approximate surface area is 324 Å². The van der Waals surface area contributed by atoms with E-state index in [1.54, 1.807) is 0 Å². The van der Waals surface area contributed by atoms with Crippen molar-refractivity contribution >= 4 is 43.6 Å². The van der Waals surface area contributed by atoms with Gasteiger partial charge in [0.25, 0.3) is 0 Å². The summed E-state index contributed by atoms with van der Waals surface area (Å²) in [6.45, 7) is 0. The Balaban J connectivity index is 1.10. The molecule has 56 heavy (non-hydrogen) atoms. The molecule has 0 bridgehead atoms. The van der Waals surface area contributed by atoms with Gasteiger partial charge in [-0.05, 0) is 65.7 Å². The van der Waals surface area contributed by atoms with Crippen molar-refractivity contribution in [2.24, 2.45) is 0 Å². The third-order valence-electron chi connectivity index (χ3n) is 10.9. The molecule has 3 heterocycles. The fourth-order valence-electron chi connectivity index (χ4n) is 8.40. The second kappa shape index (κ2) is 13.1. The lowest BCUT2D eigenvalue weighted by Crippen LogP contribution is -1.97. The third kappa shape index (κ3) is 5.23. The normalized spacial score (nSPS) is 11.6. The van der Waals surface area contributed by atoms with E-state index in [1.807, 2.05) is 24.3 Å². The average Bonchev–Trinajstić information content (AvgIpc) is 3.80. The largest absolute Gasteiger partial charge is 0.309 e. The summed E-state index contributed by atoms with van der Waals surface area (Å²) in [7, 11) is 0. The fourth-order valence-corrected chi connectivity index (χ4v) is 8.40. The van der Waals surface area contributed by atoms with Crippen molar-refractivity contribution in [1.29, 1.82) is 0 Å². The van der Waals surface area contributed by atoms with Crippen LogP contribution in [-0.4, -0.2) is 19.1 Å². The Morgan fingerprint density at radius 1 is 0.304 bits per heavy atom. The minimum Gasteiger partial charge on any atom is -0.309 e. The number of aromatic nitrogens is 4. The highest BCUT2D eigenvalue weighted by Gasteiger charge is 2.19. The fraction of sp³-hybridized carbons (Fsp3) is 0. The van der Waals surface area contributed by atoms with Crippen molar-refractivity contribution in [3.8, 4) is 56.4 Å². The van der Waals surface area contributed by atoms with Gasteiger partial charge in [-0.1, -0.05) is 152 Å². The maximum absolute atomic E-state index is 5.15. The standard InChI is InChI=1S/C52H34N4/c1-4-16-35(17-5-1)45-34-46(54-52(53-45)36-18-6-2-7-19-36)38-20-14-23-40(32-38)56-48-28-13-11-25-44(48)51-41(26-15-29-49(51)56)37-30-31-43-42-24-10-12-27-47(42)55(50(43)33-37)39-21-8-3-9-22-39/h1-34H. The third-order valence-corrected chi connectivity index (χ3v) is 10.9. The van der Waals surface area contributed by atoms with Crippen LogP contribution in [0.15, 0.2) is 206 Å². The van der Waals surface area contributed by atoms with Gasteiger partial charge >= 0.3 is 0 Å². The van der Waals surface area contributed by atoms with E-state index in [4.69, 9.17) is 9.97 Å². The summed E-state index contributed by atoms with van der Waals surface area (Å²) in [5.41, 5.74) is 14.2. The van der Waals surface area contributed by atoms with Crippen molar-refractivity contribution in [2.75, 3.05) is 0 Å². The van der Waals surface area contributed by atoms with Gasteiger partial charge in [0.05, 0.1) is 33.5 Å². The van der Waals surface area contributed by atoms with Crippen molar-refractivity contribution in [3.63, 3.8) is 0 Å². The van der Waals surface area contributed by atoms with E-state index in [0.29, 0.717) is 5.82 Å². The molecule has 0 aliphatic carbocycles. The molecule has 0 saturated carbocycles. The Kier molecular flexibility index (Phi) is 7.46.